The van der Waals surface area contributed by atoms with Gasteiger partial charge in [0.05, 0.1) is 9.82 Å². The molecule has 0 saturated heterocycles. The van der Waals surface area contributed by atoms with Gasteiger partial charge in [0.1, 0.15) is 16.7 Å². The van der Waals surface area contributed by atoms with Crippen LogP contribution in [0.25, 0.3) is 6.08 Å². The van der Waals surface area contributed by atoms with Crippen molar-refractivity contribution in [3.05, 3.63) is 68.6 Å². The minimum absolute atomic E-state index is 0.00718. The summed E-state index contributed by atoms with van der Waals surface area (Å²) in [5.41, 5.74) is 1.22. The molecule has 0 bridgehead atoms. The van der Waals surface area contributed by atoms with Gasteiger partial charge in [0, 0.05) is 13.1 Å². The molecule has 0 radical (unpaired) electrons. The van der Waals surface area contributed by atoms with Crippen LogP contribution in [0, 0.1) is 28.4 Å². The standard InChI is InChI=1S/C17H15N3O4S/c1-12-3-6-14(7-4-12)25(23,24)15(11-18)9-13-5-8-16(19-2)17(10-13)20(21)22/h3-10,19H,1-2H3. The van der Waals surface area contributed by atoms with Crippen LogP contribution in [-0.4, -0.2) is 20.4 Å². The highest BCUT2D eigenvalue weighted by molar-refractivity contribution is 7.95. The molecule has 2 rings (SSSR count). The molecule has 7 nitrogen and oxygen atoms in total. The number of rotatable bonds is 5. The molecule has 0 unspecified atom stereocenters. The van der Waals surface area contributed by atoms with Gasteiger partial charge in [0.25, 0.3) is 5.69 Å². The maximum atomic E-state index is 12.6. The van der Waals surface area contributed by atoms with Gasteiger partial charge in [0.15, 0.2) is 0 Å². The highest BCUT2D eigenvalue weighted by atomic mass is 32.2. The normalized spacial score (nSPS) is 11.6. The summed E-state index contributed by atoms with van der Waals surface area (Å²) in [4.78, 5) is 10.0. The zero-order chi connectivity index (χ0) is 18.6. The first kappa shape index (κ1) is 18.2. The summed E-state index contributed by atoms with van der Waals surface area (Å²) in [6, 6.07) is 11.9. The zero-order valence-corrected chi connectivity index (χ0v) is 14.4. The number of anilines is 1. The van der Waals surface area contributed by atoms with Crippen LogP contribution in [0.5, 0.6) is 0 Å². The fourth-order valence-electron chi connectivity index (χ4n) is 2.17. The SMILES string of the molecule is CNc1ccc(C=C(C#N)S(=O)(=O)c2ccc(C)cc2)cc1[N+](=O)[O-]. The number of nitrogens with one attached hydrogen (secondary N) is 1. The van der Waals surface area contributed by atoms with E-state index in [9.17, 15) is 23.8 Å². The number of nitro groups is 1. The molecule has 0 heterocycles. The molecule has 2 aromatic carbocycles. The van der Waals surface area contributed by atoms with Gasteiger partial charge < -0.3 is 5.32 Å². The Morgan fingerprint density at radius 3 is 2.40 bits per heavy atom. The number of nitrogens with zero attached hydrogens (tertiary/aromatic N) is 2. The molecule has 0 aliphatic carbocycles. The highest BCUT2D eigenvalue weighted by Crippen LogP contribution is 2.27. The van der Waals surface area contributed by atoms with Crippen molar-refractivity contribution >= 4 is 27.3 Å². The van der Waals surface area contributed by atoms with Crippen molar-refractivity contribution in [3.63, 3.8) is 0 Å². The van der Waals surface area contributed by atoms with Crippen LogP contribution in [0.4, 0.5) is 11.4 Å². The van der Waals surface area contributed by atoms with Crippen LogP contribution in [0.3, 0.4) is 0 Å². The average Bonchev–Trinajstić information content (AvgIpc) is 2.59. The summed E-state index contributed by atoms with van der Waals surface area (Å²) >= 11 is 0. The number of aryl methyl sites for hydroxylation is 1. The number of sulfone groups is 1. The fraction of sp³-hybridized carbons (Fsp3) is 0.118. The Morgan fingerprint density at radius 2 is 1.88 bits per heavy atom. The lowest BCUT2D eigenvalue weighted by Gasteiger charge is -2.05. The minimum Gasteiger partial charge on any atom is -0.383 e. The molecule has 0 aromatic heterocycles. The van der Waals surface area contributed by atoms with E-state index in [4.69, 9.17) is 0 Å². The Kier molecular flexibility index (Phi) is 5.20. The molecule has 0 aliphatic heterocycles. The topological polar surface area (TPSA) is 113 Å². The molecule has 0 amide bonds. The van der Waals surface area contributed by atoms with Crippen molar-refractivity contribution in [1.82, 2.24) is 0 Å². The number of hydrogen-bond donors (Lipinski definition) is 1. The Balaban J connectivity index is 2.54. The molecular weight excluding hydrogens is 342 g/mol. The van der Waals surface area contributed by atoms with Crippen molar-refractivity contribution < 1.29 is 13.3 Å². The third kappa shape index (κ3) is 3.84. The smallest absolute Gasteiger partial charge is 0.292 e. The van der Waals surface area contributed by atoms with E-state index in [1.807, 2.05) is 6.92 Å². The summed E-state index contributed by atoms with van der Waals surface area (Å²) < 4.78 is 25.2. The molecular formula is C17H15N3O4S. The Hall–Kier alpha value is -3.18. The molecule has 0 fully saturated rings. The third-order valence-corrected chi connectivity index (χ3v) is 5.20. The lowest BCUT2D eigenvalue weighted by Crippen LogP contribution is -2.03. The third-order valence-electron chi connectivity index (χ3n) is 3.52. The van der Waals surface area contributed by atoms with Crippen LogP contribution < -0.4 is 5.32 Å². The van der Waals surface area contributed by atoms with Crippen molar-refractivity contribution in [3.8, 4) is 6.07 Å². The average molecular weight is 357 g/mol. The predicted octanol–water partition coefficient (Wildman–Crippen LogP) is 3.28. The van der Waals surface area contributed by atoms with Gasteiger partial charge in [0.2, 0.25) is 9.84 Å². The van der Waals surface area contributed by atoms with Crippen molar-refractivity contribution in [2.45, 2.75) is 11.8 Å². The van der Waals surface area contributed by atoms with Gasteiger partial charge in [-0.2, -0.15) is 5.26 Å². The molecule has 128 valence electrons. The number of benzene rings is 2. The summed E-state index contributed by atoms with van der Waals surface area (Å²) in [6.07, 6.45) is 1.13. The molecule has 1 N–H and O–H groups in total. The molecule has 0 spiro atoms. The van der Waals surface area contributed by atoms with Gasteiger partial charge >= 0.3 is 0 Å². The number of nitro benzene ring substituents is 1. The van der Waals surface area contributed by atoms with E-state index in [-0.39, 0.29) is 16.1 Å². The minimum atomic E-state index is -4.00. The number of allylic oxidation sites excluding steroid dienone is 1. The molecule has 0 aliphatic rings. The van der Waals surface area contributed by atoms with Crippen molar-refractivity contribution in [2.75, 3.05) is 12.4 Å². The molecule has 2 aromatic rings. The van der Waals surface area contributed by atoms with Gasteiger partial charge in [-0.05, 0) is 36.8 Å². The summed E-state index contributed by atoms with van der Waals surface area (Å²) in [5.74, 6) is 0. The van der Waals surface area contributed by atoms with Gasteiger partial charge in [-0.1, -0.05) is 23.8 Å². The highest BCUT2D eigenvalue weighted by Gasteiger charge is 2.21. The van der Waals surface area contributed by atoms with E-state index >= 15 is 0 Å². The van der Waals surface area contributed by atoms with E-state index < -0.39 is 19.7 Å². The monoisotopic (exact) mass is 357 g/mol. The lowest BCUT2D eigenvalue weighted by molar-refractivity contribution is -0.383. The number of hydrogen-bond acceptors (Lipinski definition) is 6. The quantitative estimate of drug-likeness (QED) is 0.499. The second-order valence-electron chi connectivity index (χ2n) is 5.22. The lowest BCUT2D eigenvalue weighted by atomic mass is 10.1. The van der Waals surface area contributed by atoms with E-state index in [2.05, 4.69) is 5.32 Å². The second-order valence-corrected chi connectivity index (χ2v) is 7.14. The molecule has 0 atom stereocenters. The first-order valence-corrected chi connectivity index (χ1v) is 8.67. The first-order valence-electron chi connectivity index (χ1n) is 7.19. The van der Waals surface area contributed by atoms with Gasteiger partial charge in [-0.3, -0.25) is 10.1 Å². The van der Waals surface area contributed by atoms with Crippen LogP contribution in [0.1, 0.15) is 11.1 Å². The van der Waals surface area contributed by atoms with Crippen molar-refractivity contribution in [2.24, 2.45) is 0 Å². The maximum absolute atomic E-state index is 12.6. The largest absolute Gasteiger partial charge is 0.383 e. The van der Waals surface area contributed by atoms with Crippen LogP contribution in [-0.2, 0) is 9.84 Å². The van der Waals surface area contributed by atoms with Crippen LogP contribution in [0.2, 0.25) is 0 Å². The summed E-state index contributed by atoms with van der Waals surface area (Å²) in [7, 11) is -2.46. The van der Waals surface area contributed by atoms with E-state index in [1.54, 1.807) is 25.2 Å². The van der Waals surface area contributed by atoms with Crippen LogP contribution in [0.15, 0.2) is 52.3 Å². The van der Waals surface area contributed by atoms with E-state index in [0.717, 1.165) is 11.6 Å². The second kappa shape index (κ2) is 7.15. The Bertz CT molecular complexity index is 988. The zero-order valence-electron chi connectivity index (χ0n) is 13.6. The molecule has 0 saturated carbocycles. The van der Waals surface area contributed by atoms with Crippen molar-refractivity contribution in [1.29, 1.82) is 5.26 Å². The van der Waals surface area contributed by atoms with E-state index in [0.29, 0.717) is 5.69 Å². The van der Waals surface area contributed by atoms with E-state index in [1.165, 1.54) is 30.3 Å². The first-order chi connectivity index (χ1) is 11.8. The Morgan fingerprint density at radius 1 is 1.24 bits per heavy atom. The van der Waals surface area contributed by atoms with Crippen LogP contribution >= 0.6 is 0 Å². The Labute approximate surface area is 145 Å². The van der Waals surface area contributed by atoms with Gasteiger partial charge in [-0.25, -0.2) is 8.42 Å². The van der Waals surface area contributed by atoms with Gasteiger partial charge in [-0.15, -0.1) is 0 Å². The maximum Gasteiger partial charge on any atom is 0.292 e. The summed E-state index contributed by atoms with van der Waals surface area (Å²) in [6.45, 7) is 1.82. The molecule has 25 heavy (non-hydrogen) atoms. The number of nitriles is 1. The molecule has 8 heteroatoms. The fourth-order valence-corrected chi connectivity index (χ4v) is 3.33. The summed E-state index contributed by atoms with van der Waals surface area (Å²) in [5, 5.41) is 23.1. The predicted molar refractivity (Wildman–Crippen MR) is 94.6 cm³/mol.